The van der Waals surface area contributed by atoms with Gasteiger partial charge in [-0.15, -0.1) is 0 Å². The van der Waals surface area contributed by atoms with Crippen LogP contribution < -0.4 is 16.0 Å². The molecule has 9 heteroatoms. The molecule has 0 fully saturated rings. The first kappa shape index (κ1) is 21.7. The van der Waals surface area contributed by atoms with Crippen LogP contribution in [0.5, 0.6) is 5.88 Å². The van der Waals surface area contributed by atoms with Crippen molar-refractivity contribution in [2.24, 2.45) is 0 Å². The quantitative estimate of drug-likeness (QED) is 0.381. The van der Waals surface area contributed by atoms with E-state index in [2.05, 4.69) is 37.8 Å². The first-order valence-corrected chi connectivity index (χ1v) is 9.81. The van der Waals surface area contributed by atoms with Crippen LogP contribution in [0.3, 0.4) is 0 Å². The van der Waals surface area contributed by atoms with Crippen LogP contribution in [0.1, 0.15) is 30.1 Å². The number of hydrogen-bond acceptors (Lipinski definition) is 7. The van der Waals surface area contributed by atoms with Crippen LogP contribution in [0.15, 0.2) is 60.8 Å². The van der Waals surface area contributed by atoms with E-state index in [0.717, 1.165) is 12.8 Å². The number of carbonyl (C=O) groups is 1. The Kier molecular flexibility index (Phi) is 7.47. The second kappa shape index (κ2) is 10.7. The fraction of sp³-hybridized carbons (Fsp3) is 0.182. The number of halogens is 1. The van der Waals surface area contributed by atoms with E-state index in [9.17, 15) is 14.3 Å². The second-order valence-corrected chi connectivity index (χ2v) is 6.56. The summed E-state index contributed by atoms with van der Waals surface area (Å²) in [5.74, 6) is -0.179. The Bertz CT molecular complexity index is 1060. The molecule has 3 rings (SSSR count). The van der Waals surface area contributed by atoms with Crippen LogP contribution >= 0.6 is 0 Å². The minimum absolute atomic E-state index is 0.171. The summed E-state index contributed by atoms with van der Waals surface area (Å²) in [5, 5.41) is 18.3. The summed E-state index contributed by atoms with van der Waals surface area (Å²) in [6.45, 7) is 2.45. The van der Waals surface area contributed by atoms with E-state index < -0.39 is 0 Å². The number of aromatic hydroxyl groups is 1. The lowest BCUT2D eigenvalue weighted by atomic mass is 10.2. The van der Waals surface area contributed by atoms with Gasteiger partial charge in [0.1, 0.15) is 23.0 Å². The van der Waals surface area contributed by atoms with E-state index in [1.165, 1.54) is 24.4 Å². The van der Waals surface area contributed by atoms with Crippen molar-refractivity contribution in [2.45, 2.75) is 19.8 Å². The van der Waals surface area contributed by atoms with Gasteiger partial charge in [0.15, 0.2) is 0 Å². The molecular weight excluding hydrogens is 399 g/mol. The molecule has 8 nitrogen and oxygen atoms in total. The lowest BCUT2D eigenvalue weighted by Crippen LogP contribution is -2.25. The molecule has 31 heavy (non-hydrogen) atoms. The summed E-state index contributed by atoms with van der Waals surface area (Å²) in [7, 11) is 0. The molecule has 0 aliphatic rings. The van der Waals surface area contributed by atoms with Gasteiger partial charge in [0, 0.05) is 24.5 Å². The van der Waals surface area contributed by atoms with Gasteiger partial charge in [0.2, 0.25) is 11.8 Å². The molecule has 0 saturated heterocycles. The normalized spacial score (nSPS) is 10.8. The fourth-order valence-corrected chi connectivity index (χ4v) is 2.59. The number of allylic oxidation sites excluding steroid dienone is 1. The van der Waals surface area contributed by atoms with Crippen LogP contribution in [-0.2, 0) is 0 Å². The molecule has 0 atom stereocenters. The Morgan fingerprint density at radius 3 is 2.65 bits per heavy atom. The van der Waals surface area contributed by atoms with Crippen molar-refractivity contribution in [3.63, 3.8) is 0 Å². The zero-order valence-corrected chi connectivity index (χ0v) is 17.0. The maximum Gasteiger partial charge on any atom is 0.256 e. The first-order valence-electron chi connectivity index (χ1n) is 9.81. The van der Waals surface area contributed by atoms with Gasteiger partial charge in [-0.1, -0.05) is 31.6 Å². The lowest BCUT2D eigenvalue weighted by molar-refractivity contribution is 0.0958. The maximum absolute atomic E-state index is 13.1. The largest absolute Gasteiger partial charge is 0.493 e. The van der Waals surface area contributed by atoms with E-state index in [1.807, 2.05) is 12.2 Å². The zero-order chi connectivity index (χ0) is 22.1. The third kappa shape index (κ3) is 6.49. The van der Waals surface area contributed by atoms with Crippen molar-refractivity contribution in [2.75, 3.05) is 17.2 Å². The summed E-state index contributed by atoms with van der Waals surface area (Å²) < 4.78 is 13.1. The molecule has 2 aromatic heterocycles. The predicted molar refractivity (Wildman–Crippen MR) is 117 cm³/mol. The smallest absolute Gasteiger partial charge is 0.256 e. The molecule has 2 heterocycles. The molecule has 0 unspecified atom stereocenters. The van der Waals surface area contributed by atoms with E-state index >= 15 is 0 Å². The molecule has 0 aliphatic carbocycles. The SMILES string of the molecule is CCC/C=C\CNC(=O)c1cnc(Nc2ccc(F)cc2)nc1Nc1cccc(O)n1. The Labute approximate surface area is 179 Å². The maximum atomic E-state index is 13.1. The topological polar surface area (TPSA) is 112 Å². The number of unbranched alkanes of at least 4 members (excludes halogenated alkanes) is 1. The van der Waals surface area contributed by atoms with Crippen LogP contribution in [0.25, 0.3) is 0 Å². The number of hydrogen-bond donors (Lipinski definition) is 4. The van der Waals surface area contributed by atoms with Gasteiger partial charge in [-0.25, -0.2) is 9.37 Å². The van der Waals surface area contributed by atoms with Gasteiger partial charge in [0.05, 0.1) is 0 Å². The average Bonchev–Trinajstić information content (AvgIpc) is 2.75. The molecular formula is C22H23FN6O2. The minimum atomic E-state index is -0.364. The highest BCUT2D eigenvalue weighted by Gasteiger charge is 2.15. The number of carbonyl (C=O) groups excluding carboxylic acids is 1. The Hall–Kier alpha value is -4.01. The third-order valence-electron chi connectivity index (χ3n) is 4.12. The highest BCUT2D eigenvalue weighted by atomic mass is 19.1. The molecule has 0 spiro atoms. The number of rotatable bonds is 9. The van der Waals surface area contributed by atoms with Crippen molar-refractivity contribution >= 4 is 29.2 Å². The standard InChI is InChI=1S/C22H23FN6O2/c1-2-3-4-5-13-24-21(31)17-14-25-22(26-16-11-9-15(23)10-12-16)29-20(17)28-18-7-6-8-19(30)27-18/h4-12,14H,2-3,13H2,1H3,(H,24,31)(H3,25,26,27,28,29,30)/b5-4-. The summed E-state index contributed by atoms with van der Waals surface area (Å²) in [5.41, 5.74) is 0.791. The molecule has 1 amide bonds. The molecule has 1 aromatic carbocycles. The number of benzene rings is 1. The number of amides is 1. The third-order valence-corrected chi connectivity index (χ3v) is 4.12. The molecule has 3 aromatic rings. The Morgan fingerprint density at radius 2 is 1.90 bits per heavy atom. The van der Waals surface area contributed by atoms with Crippen LogP contribution in [-0.4, -0.2) is 32.5 Å². The van der Waals surface area contributed by atoms with Gasteiger partial charge < -0.3 is 21.1 Å². The van der Waals surface area contributed by atoms with E-state index in [0.29, 0.717) is 18.1 Å². The molecule has 0 aliphatic heterocycles. The van der Waals surface area contributed by atoms with E-state index in [4.69, 9.17) is 0 Å². The van der Waals surface area contributed by atoms with E-state index in [1.54, 1.807) is 24.3 Å². The summed E-state index contributed by atoms with van der Waals surface area (Å²) in [6.07, 6.45) is 7.25. The van der Waals surface area contributed by atoms with Crippen molar-refractivity contribution in [3.8, 4) is 5.88 Å². The highest BCUT2D eigenvalue weighted by molar-refractivity contribution is 5.99. The fourth-order valence-electron chi connectivity index (χ4n) is 2.59. The molecule has 0 saturated carbocycles. The number of pyridine rings is 1. The number of aromatic nitrogens is 3. The Balaban J connectivity index is 1.83. The molecule has 0 radical (unpaired) electrons. The van der Waals surface area contributed by atoms with Gasteiger partial charge in [-0.3, -0.25) is 4.79 Å². The monoisotopic (exact) mass is 422 g/mol. The lowest BCUT2D eigenvalue weighted by Gasteiger charge is -2.12. The average molecular weight is 422 g/mol. The van der Waals surface area contributed by atoms with Crippen molar-refractivity contribution in [3.05, 3.63) is 72.2 Å². The predicted octanol–water partition coefficient (Wildman–Crippen LogP) is 4.29. The molecule has 4 N–H and O–H groups in total. The van der Waals surface area contributed by atoms with Crippen LogP contribution in [0, 0.1) is 5.82 Å². The molecule has 0 bridgehead atoms. The number of nitrogens with one attached hydrogen (secondary N) is 3. The highest BCUT2D eigenvalue weighted by Crippen LogP contribution is 2.22. The van der Waals surface area contributed by atoms with Gasteiger partial charge >= 0.3 is 0 Å². The van der Waals surface area contributed by atoms with Gasteiger partial charge in [-0.2, -0.15) is 9.97 Å². The van der Waals surface area contributed by atoms with Crippen LogP contribution in [0.4, 0.5) is 27.7 Å². The van der Waals surface area contributed by atoms with Crippen molar-refractivity contribution < 1.29 is 14.3 Å². The number of nitrogens with zero attached hydrogens (tertiary/aromatic N) is 3. The van der Waals surface area contributed by atoms with Crippen LogP contribution in [0.2, 0.25) is 0 Å². The summed E-state index contributed by atoms with van der Waals surface area (Å²) in [4.78, 5) is 25.2. The number of anilines is 4. The second-order valence-electron chi connectivity index (χ2n) is 6.56. The minimum Gasteiger partial charge on any atom is -0.493 e. The zero-order valence-electron chi connectivity index (χ0n) is 17.0. The van der Waals surface area contributed by atoms with E-state index in [-0.39, 0.29) is 34.9 Å². The van der Waals surface area contributed by atoms with Gasteiger partial charge in [-0.05, 0) is 36.8 Å². The first-order chi connectivity index (χ1) is 15.0. The van der Waals surface area contributed by atoms with Crippen molar-refractivity contribution in [1.82, 2.24) is 20.3 Å². The molecule has 160 valence electrons. The van der Waals surface area contributed by atoms with Gasteiger partial charge in [0.25, 0.3) is 5.91 Å². The van der Waals surface area contributed by atoms with Crippen molar-refractivity contribution in [1.29, 1.82) is 0 Å². The summed E-state index contributed by atoms with van der Waals surface area (Å²) in [6, 6.07) is 10.4. The summed E-state index contributed by atoms with van der Waals surface area (Å²) >= 11 is 0. The Morgan fingerprint density at radius 1 is 1.10 bits per heavy atom.